The smallest absolute Gasteiger partial charge is 0.262 e. The number of aryl methyl sites for hydroxylation is 1. The molecule has 24 heavy (non-hydrogen) atoms. The molecular weight excluding hydrogens is 322 g/mol. The molecule has 0 bridgehead atoms. The van der Waals surface area contributed by atoms with Gasteiger partial charge < -0.3 is 4.90 Å². The third kappa shape index (κ3) is 2.43. The second-order valence-corrected chi connectivity index (χ2v) is 6.99. The highest BCUT2D eigenvalue weighted by Gasteiger charge is 2.28. The molecule has 1 atom stereocenters. The van der Waals surface area contributed by atoms with E-state index in [0.29, 0.717) is 10.2 Å². The Bertz CT molecular complexity index is 976. The van der Waals surface area contributed by atoms with Gasteiger partial charge in [0.15, 0.2) is 0 Å². The number of fused-ring (bicyclic) bond motifs is 2. The zero-order valence-electron chi connectivity index (χ0n) is 13.3. The van der Waals surface area contributed by atoms with E-state index < -0.39 is 0 Å². The number of aromatic nitrogens is 2. The summed E-state index contributed by atoms with van der Waals surface area (Å²) in [5, 5.41) is 2.41. The van der Waals surface area contributed by atoms with E-state index in [4.69, 9.17) is 0 Å². The number of hydrogen-bond acceptors (Lipinski definition) is 4. The van der Waals surface area contributed by atoms with Crippen molar-refractivity contribution in [2.45, 2.75) is 32.4 Å². The molecular formula is C18H17N3O2S. The van der Waals surface area contributed by atoms with Crippen LogP contribution in [0.25, 0.3) is 10.2 Å². The number of thiophene rings is 1. The lowest BCUT2D eigenvalue weighted by atomic mass is 9.96. The van der Waals surface area contributed by atoms with Gasteiger partial charge in [0.05, 0.1) is 11.7 Å². The Morgan fingerprint density at radius 3 is 3.04 bits per heavy atom. The molecule has 0 radical (unpaired) electrons. The minimum absolute atomic E-state index is 0.0102. The van der Waals surface area contributed by atoms with E-state index in [-0.39, 0.29) is 24.1 Å². The zero-order valence-corrected chi connectivity index (χ0v) is 14.1. The third-order valence-electron chi connectivity index (χ3n) is 4.55. The largest absolute Gasteiger partial charge is 0.308 e. The Morgan fingerprint density at radius 2 is 2.17 bits per heavy atom. The van der Waals surface area contributed by atoms with Crippen LogP contribution in [0.15, 0.2) is 46.8 Å². The number of para-hydroxylation sites is 1. The highest BCUT2D eigenvalue weighted by molar-refractivity contribution is 7.16. The van der Waals surface area contributed by atoms with E-state index >= 15 is 0 Å². The molecule has 0 aliphatic carbocycles. The minimum atomic E-state index is -0.160. The number of anilines is 1. The SMILES string of the molecule is CC1CCc2ccccc2N1C(=O)Cn1cnc2sccc2c1=O. The predicted molar refractivity (Wildman–Crippen MR) is 95.6 cm³/mol. The molecule has 5 nitrogen and oxygen atoms in total. The first-order chi connectivity index (χ1) is 11.6. The summed E-state index contributed by atoms with van der Waals surface area (Å²) in [4.78, 5) is 32.2. The summed E-state index contributed by atoms with van der Waals surface area (Å²) in [6.07, 6.45) is 3.38. The van der Waals surface area contributed by atoms with Crippen molar-refractivity contribution in [3.8, 4) is 0 Å². The number of benzene rings is 1. The summed E-state index contributed by atoms with van der Waals surface area (Å²) in [5.74, 6) is -0.0758. The van der Waals surface area contributed by atoms with Crippen LogP contribution in [-0.2, 0) is 17.8 Å². The highest BCUT2D eigenvalue weighted by Crippen LogP contribution is 2.30. The summed E-state index contributed by atoms with van der Waals surface area (Å²) in [6.45, 7) is 2.06. The second kappa shape index (κ2) is 5.87. The maximum Gasteiger partial charge on any atom is 0.262 e. The summed E-state index contributed by atoms with van der Waals surface area (Å²) >= 11 is 1.43. The number of rotatable bonds is 2. The van der Waals surface area contributed by atoms with Crippen LogP contribution in [0.4, 0.5) is 5.69 Å². The van der Waals surface area contributed by atoms with Crippen LogP contribution >= 0.6 is 11.3 Å². The summed E-state index contributed by atoms with van der Waals surface area (Å²) in [7, 11) is 0. The van der Waals surface area contributed by atoms with Gasteiger partial charge in [-0.15, -0.1) is 11.3 Å². The molecule has 3 heterocycles. The minimum Gasteiger partial charge on any atom is -0.308 e. The molecule has 1 amide bonds. The van der Waals surface area contributed by atoms with E-state index in [2.05, 4.69) is 18.0 Å². The van der Waals surface area contributed by atoms with Crippen molar-refractivity contribution < 1.29 is 4.79 Å². The van der Waals surface area contributed by atoms with Gasteiger partial charge in [-0.2, -0.15) is 0 Å². The van der Waals surface area contributed by atoms with Gasteiger partial charge in [0.1, 0.15) is 11.4 Å². The van der Waals surface area contributed by atoms with E-state index in [1.807, 2.05) is 28.5 Å². The van der Waals surface area contributed by atoms with Gasteiger partial charge in [0, 0.05) is 11.7 Å². The van der Waals surface area contributed by atoms with Crippen molar-refractivity contribution in [2.75, 3.05) is 4.90 Å². The molecule has 2 aromatic heterocycles. The van der Waals surface area contributed by atoms with E-state index in [9.17, 15) is 9.59 Å². The van der Waals surface area contributed by atoms with Gasteiger partial charge in [-0.3, -0.25) is 14.2 Å². The number of amides is 1. The molecule has 0 N–H and O–H groups in total. The van der Waals surface area contributed by atoms with Crippen molar-refractivity contribution in [3.05, 3.63) is 58.0 Å². The molecule has 6 heteroatoms. The molecule has 122 valence electrons. The van der Waals surface area contributed by atoms with E-state index in [1.54, 1.807) is 6.07 Å². The van der Waals surface area contributed by atoms with Gasteiger partial charge in [0.25, 0.3) is 5.56 Å². The Hall–Kier alpha value is -2.47. The first kappa shape index (κ1) is 15.1. The monoisotopic (exact) mass is 339 g/mol. The van der Waals surface area contributed by atoms with E-state index in [1.165, 1.54) is 27.8 Å². The normalized spacial score (nSPS) is 17.0. The summed E-state index contributed by atoms with van der Waals surface area (Å²) in [5.41, 5.74) is 1.98. The maximum absolute atomic E-state index is 12.9. The van der Waals surface area contributed by atoms with Crippen LogP contribution in [0, 0.1) is 0 Å². The molecule has 0 fully saturated rings. The lowest BCUT2D eigenvalue weighted by molar-refractivity contribution is -0.119. The Kier molecular flexibility index (Phi) is 3.69. The Balaban J connectivity index is 1.68. The quantitative estimate of drug-likeness (QED) is 0.721. The van der Waals surface area contributed by atoms with Crippen molar-refractivity contribution in [2.24, 2.45) is 0 Å². The van der Waals surface area contributed by atoms with Gasteiger partial charge in [-0.25, -0.2) is 4.98 Å². The van der Waals surface area contributed by atoms with Gasteiger partial charge in [-0.05, 0) is 42.8 Å². The number of hydrogen-bond donors (Lipinski definition) is 0. The van der Waals surface area contributed by atoms with Crippen molar-refractivity contribution in [1.29, 1.82) is 0 Å². The Morgan fingerprint density at radius 1 is 1.33 bits per heavy atom. The number of nitrogens with zero attached hydrogens (tertiary/aromatic N) is 3. The fourth-order valence-electron chi connectivity index (χ4n) is 3.30. The topological polar surface area (TPSA) is 55.2 Å². The summed E-state index contributed by atoms with van der Waals surface area (Å²) < 4.78 is 1.40. The molecule has 0 saturated heterocycles. The molecule has 0 saturated carbocycles. The van der Waals surface area contributed by atoms with Crippen LogP contribution in [-0.4, -0.2) is 21.5 Å². The second-order valence-electron chi connectivity index (χ2n) is 6.10. The third-order valence-corrected chi connectivity index (χ3v) is 5.37. The van der Waals surface area contributed by atoms with Crippen LogP contribution in [0.3, 0.4) is 0 Å². The fraction of sp³-hybridized carbons (Fsp3) is 0.278. The zero-order chi connectivity index (χ0) is 16.7. The van der Waals surface area contributed by atoms with Gasteiger partial charge in [0.2, 0.25) is 5.91 Å². The lowest BCUT2D eigenvalue weighted by Gasteiger charge is -2.35. The molecule has 1 unspecified atom stereocenters. The lowest BCUT2D eigenvalue weighted by Crippen LogP contribution is -2.44. The number of carbonyl (C=O) groups is 1. The first-order valence-corrected chi connectivity index (χ1v) is 8.86. The van der Waals surface area contributed by atoms with E-state index in [0.717, 1.165) is 18.5 Å². The van der Waals surface area contributed by atoms with Crippen molar-refractivity contribution in [3.63, 3.8) is 0 Å². The van der Waals surface area contributed by atoms with Gasteiger partial charge >= 0.3 is 0 Å². The molecule has 4 rings (SSSR count). The van der Waals surface area contributed by atoms with Crippen LogP contribution in [0.5, 0.6) is 0 Å². The molecule has 1 aliphatic rings. The number of carbonyl (C=O) groups excluding carboxylic acids is 1. The molecule has 1 aromatic carbocycles. The predicted octanol–water partition coefficient (Wildman–Crippen LogP) is 2.83. The standard InChI is InChI=1S/C18H17N3O2S/c1-12-6-7-13-4-2-3-5-15(13)21(12)16(22)10-20-11-19-17-14(18(20)23)8-9-24-17/h2-5,8-9,11-12H,6-7,10H2,1H3. The summed E-state index contributed by atoms with van der Waals surface area (Å²) in [6, 6.07) is 9.87. The van der Waals surface area contributed by atoms with Crippen molar-refractivity contribution >= 4 is 33.1 Å². The van der Waals surface area contributed by atoms with Gasteiger partial charge in [-0.1, -0.05) is 18.2 Å². The average molecular weight is 339 g/mol. The average Bonchev–Trinajstić information content (AvgIpc) is 3.06. The first-order valence-electron chi connectivity index (χ1n) is 7.98. The highest BCUT2D eigenvalue weighted by atomic mass is 32.1. The fourth-order valence-corrected chi connectivity index (χ4v) is 4.02. The molecule has 0 spiro atoms. The van der Waals surface area contributed by atoms with Crippen LogP contribution in [0.1, 0.15) is 18.9 Å². The molecule has 3 aromatic rings. The maximum atomic E-state index is 12.9. The molecule has 1 aliphatic heterocycles. The van der Waals surface area contributed by atoms with Crippen LogP contribution < -0.4 is 10.5 Å². The Labute approximate surface area is 143 Å². The van der Waals surface area contributed by atoms with Crippen LogP contribution in [0.2, 0.25) is 0 Å². The van der Waals surface area contributed by atoms with Crippen molar-refractivity contribution in [1.82, 2.24) is 9.55 Å².